The first-order chi connectivity index (χ1) is 10.1. The average molecular weight is 294 g/mol. The largest absolute Gasteiger partial charge is 0.496 e. The number of methoxy groups -OCH3 is 1. The molecule has 0 spiro atoms. The molecule has 21 heavy (non-hydrogen) atoms. The molecule has 1 amide bonds. The fraction of sp³-hybridized carbons (Fsp3) is 0.562. The molecule has 1 aliphatic carbocycles. The first kappa shape index (κ1) is 15.8. The van der Waals surface area contributed by atoms with Crippen molar-refractivity contribution in [2.24, 2.45) is 11.7 Å². The summed E-state index contributed by atoms with van der Waals surface area (Å²) in [5.41, 5.74) is 5.82. The first-order valence-electron chi connectivity index (χ1n) is 7.47. The van der Waals surface area contributed by atoms with E-state index < -0.39 is 5.82 Å². The van der Waals surface area contributed by atoms with Crippen LogP contribution >= 0.6 is 0 Å². The van der Waals surface area contributed by atoms with E-state index in [2.05, 4.69) is 0 Å². The summed E-state index contributed by atoms with van der Waals surface area (Å²) in [4.78, 5) is 14.5. The number of halogens is 1. The zero-order chi connectivity index (χ0) is 15.4. The fourth-order valence-electron chi connectivity index (χ4n) is 3.26. The van der Waals surface area contributed by atoms with Crippen molar-refractivity contribution >= 4 is 5.91 Å². The molecular formula is C16H23FN2O2. The van der Waals surface area contributed by atoms with E-state index in [1.54, 1.807) is 17.0 Å². The topological polar surface area (TPSA) is 55.6 Å². The van der Waals surface area contributed by atoms with E-state index in [1.807, 2.05) is 6.92 Å². The lowest BCUT2D eigenvalue weighted by atomic mass is 10.0. The summed E-state index contributed by atoms with van der Waals surface area (Å²) in [5, 5.41) is 0. The van der Waals surface area contributed by atoms with Crippen LogP contribution in [0.15, 0.2) is 18.2 Å². The molecule has 116 valence electrons. The van der Waals surface area contributed by atoms with Gasteiger partial charge in [0.15, 0.2) is 0 Å². The molecule has 1 aromatic rings. The summed E-state index contributed by atoms with van der Waals surface area (Å²) < 4.78 is 19.2. The van der Waals surface area contributed by atoms with Gasteiger partial charge in [-0.3, -0.25) is 4.79 Å². The highest BCUT2D eigenvalue weighted by Crippen LogP contribution is 2.32. The maximum Gasteiger partial charge on any atom is 0.260 e. The van der Waals surface area contributed by atoms with Crippen LogP contribution in [0, 0.1) is 11.7 Å². The van der Waals surface area contributed by atoms with E-state index in [9.17, 15) is 9.18 Å². The number of benzene rings is 1. The van der Waals surface area contributed by atoms with Crippen molar-refractivity contribution in [3.05, 3.63) is 29.6 Å². The van der Waals surface area contributed by atoms with Crippen LogP contribution in [0.2, 0.25) is 0 Å². The van der Waals surface area contributed by atoms with Gasteiger partial charge in [-0.2, -0.15) is 0 Å². The van der Waals surface area contributed by atoms with Crippen LogP contribution in [0.5, 0.6) is 5.75 Å². The van der Waals surface area contributed by atoms with Crippen LogP contribution in [0.4, 0.5) is 4.39 Å². The van der Waals surface area contributed by atoms with Crippen LogP contribution < -0.4 is 10.5 Å². The van der Waals surface area contributed by atoms with Crippen molar-refractivity contribution in [1.82, 2.24) is 4.90 Å². The Morgan fingerprint density at radius 2 is 2.24 bits per heavy atom. The number of ether oxygens (including phenoxy) is 1. The molecule has 2 N–H and O–H groups in total. The minimum Gasteiger partial charge on any atom is -0.496 e. The van der Waals surface area contributed by atoms with Crippen molar-refractivity contribution in [2.45, 2.75) is 32.2 Å². The molecule has 1 aliphatic rings. The van der Waals surface area contributed by atoms with Gasteiger partial charge in [0.1, 0.15) is 17.1 Å². The minimum atomic E-state index is -0.542. The highest BCUT2D eigenvalue weighted by Gasteiger charge is 2.35. The standard InChI is InChI=1S/C16H23FN2O2/c1-3-19(13-8-4-6-11(13)10-18)16(20)15-12(17)7-5-9-14(15)21-2/h5,7,9,11,13H,3-4,6,8,10,18H2,1-2H3. The number of carbonyl (C=O) groups excluding carboxylic acids is 1. The number of hydrogen-bond acceptors (Lipinski definition) is 3. The predicted molar refractivity (Wildman–Crippen MR) is 79.8 cm³/mol. The zero-order valence-electron chi connectivity index (χ0n) is 12.6. The average Bonchev–Trinajstić information content (AvgIpc) is 2.95. The number of nitrogens with two attached hydrogens (primary N) is 1. The molecule has 0 aliphatic heterocycles. The SMILES string of the molecule is CCN(C(=O)c1c(F)cccc1OC)C1CCCC1CN. The van der Waals surface area contributed by atoms with Crippen molar-refractivity contribution < 1.29 is 13.9 Å². The smallest absolute Gasteiger partial charge is 0.260 e. The molecule has 1 fully saturated rings. The van der Waals surface area contributed by atoms with Gasteiger partial charge in [0.05, 0.1) is 7.11 Å². The van der Waals surface area contributed by atoms with Gasteiger partial charge in [0, 0.05) is 12.6 Å². The predicted octanol–water partition coefficient (Wildman–Crippen LogP) is 2.42. The van der Waals surface area contributed by atoms with E-state index in [0.29, 0.717) is 19.0 Å². The van der Waals surface area contributed by atoms with Gasteiger partial charge in [-0.25, -0.2) is 4.39 Å². The fourth-order valence-corrected chi connectivity index (χ4v) is 3.26. The van der Waals surface area contributed by atoms with Gasteiger partial charge >= 0.3 is 0 Å². The van der Waals surface area contributed by atoms with E-state index in [-0.39, 0.29) is 23.3 Å². The Morgan fingerprint density at radius 1 is 1.48 bits per heavy atom. The summed E-state index contributed by atoms with van der Waals surface area (Å²) in [7, 11) is 1.44. The normalized spacial score (nSPS) is 21.3. The Kier molecular flexibility index (Phi) is 5.17. The Bertz CT molecular complexity index is 507. The van der Waals surface area contributed by atoms with E-state index >= 15 is 0 Å². The second-order valence-corrected chi connectivity index (χ2v) is 5.40. The van der Waals surface area contributed by atoms with Crippen LogP contribution in [0.3, 0.4) is 0 Å². The lowest BCUT2D eigenvalue weighted by Gasteiger charge is -2.32. The van der Waals surface area contributed by atoms with Gasteiger partial charge in [-0.15, -0.1) is 0 Å². The Balaban J connectivity index is 2.33. The lowest BCUT2D eigenvalue weighted by Crippen LogP contribution is -2.44. The monoisotopic (exact) mass is 294 g/mol. The van der Waals surface area contributed by atoms with Crippen molar-refractivity contribution in [1.29, 1.82) is 0 Å². The number of amides is 1. The molecule has 5 heteroatoms. The molecular weight excluding hydrogens is 271 g/mol. The molecule has 0 saturated heterocycles. The van der Waals surface area contributed by atoms with Gasteiger partial charge in [0.25, 0.3) is 5.91 Å². The number of nitrogens with zero attached hydrogens (tertiary/aromatic N) is 1. The molecule has 0 bridgehead atoms. The van der Waals surface area contributed by atoms with Gasteiger partial charge in [0.2, 0.25) is 0 Å². The van der Waals surface area contributed by atoms with Crippen LogP contribution in [-0.4, -0.2) is 37.0 Å². The van der Waals surface area contributed by atoms with E-state index in [4.69, 9.17) is 10.5 Å². The number of rotatable bonds is 5. The minimum absolute atomic E-state index is 0.0181. The van der Waals surface area contributed by atoms with Crippen LogP contribution in [0.1, 0.15) is 36.5 Å². The quantitative estimate of drug-likeness (QED) is 0.907. The van der Waals surface area contributed by atoms with Crippen molar-refractivity contribution in [3.63, 3.8) is 0 Å². The molecule has 2 rings (SSSR count). The summed E-state index contributed by atoms with van der Waals surface area (Å²) in [6, 6.07) is 4.54. The Morgan fingerprint density at radius 3 is 2.86 bits per heavy atom. The zero-order valence-corrected chi connectivity index (χ0v) is 12.6. The Labute approximate surface area is 125 Å². The van der Waals surface area contributed by atoms with E-state index in [1.165, 1.54) is 13.2 Å². The third-order valence-corrected chi connectivity index (χ3v) is 4.33. The highest BCUT2D eigenvalue weighted by atomic mass is 19.1. The molecule has 0 heterocycles. The first-order valence-corrected chi connectivity index (χ1v) is 7.47. The van der Waals surface area contributed by atoms with E-state index in [0.717, 1.165) is 19.3 Å². The summed E-state index contributed by atoms with van der Waals surface area (Å²) >= 11 is 0. The summed E-state index contributed by atoms with van der Waals surface area (Å²) in [6.07, 6.45) is 3.02. The number of carbonyl (C=O) groups is 1. The summed E-state index contributed by atoms with van der Waals surface area (Å²) in [6.45, 7) is 3.01. The molecule has 0 aromatic heterocycles. The summed E-state index contributed by atoms with van der Waals surface area (Å²) in [5.74, 6) is -0.273. The molecule has 1 saturated carbocycles. The third-order valence-electron chi connectivity index (χ3n) is 4.33. The highest BCUT2D eigenvalue weighted by molar-refractivity contribution is 5.97. The van der Waals surface area contributed by atoms with Gasteiger partial charge < -0.3 is 15.4 Å². The molecule has 2 unspecified atom stereocenters. The van der Waals surface area contributed by atoms with Crippen molar-refractivity contribution in [3.8, 4) is 5.75 Å². The molecule has 1 aromatic carbocycles. The lowest BCUT2D eigenvalue weighted by molar-refractivity contribution is 0.0643. The Hall–Kier alpha value is -1.62. The molecule has 4 nitrogen and oxygen atoms in total. The molecule has 2 atom stereocenters. The molecule has 0 radical (unpaired) electrons. The second-order valence-electron chi connectivity index (χ2n) is 5.40. The van der Waals surface area contributed by atoms with Gasteiger partial charge in [-0.1, -0.05) is 12.5 Å². The third kappa shape index (κ3) is 3.02. The van der Waals surface area contributed by atoms with Crippen LogP contribution in [-0.2, 0) is 0 Å². The van der Waals surface area contributed by atoms with Crippen molar-refractivity contribution in [2.75, 3.05) is 20.2 Å². The number of hydrogen-bond donors (Lipinski definition) is 1. The van der Waals surface area contributed by atoms with Crippen LogP contribution in [0.25, 0.3) is 0 Å². The maximum atomic E-state index is 14.1. The second kappa shape index (κ2) is 6.89. The maximum absolute atomic E-state index is 14.1. The van der Waals surface area contributed by atoms with Gasteiger partial charge in [-0.05, 0) is 44.4 Å².